The molecule has 6 heteroatoms. The molecule has 0 fully saturated rings. The quantitative estimate of drug-likeness (QED) is 0.694. The van der Waals surface area contributed by atoms with Gasteiger partial charge in [-0.1, -0.05) is 18.2 Å². The third-order valence-corrected chi connectivity index (χ3v) is 4.28. The number of hydrogen-bond donors (Lipinski definition) is 2. The molecule has 3 rings (SSSR count). The second-order valence-corrected chi connectivity index (χ2v) is 6.24. The fourth-order valence-corrected chi connectivity index (χ4v) is 2.49. The topological polar surface area (TPSA) is 76.1 Å². The average molecular weight is 362 g/mol. The van der Waals surface area contributed by atoms with Crippen LogP contribution >= 0.6 is 0 Å². The molecule has 3 aromatic rings. The van der Waals surface area contributed by atoms with Crippen LogP contribution in [-0.2, 0) is 6.54 Å². The van der Waals surface area contributed by atoms with Crippen LogP contribution in [-0.4, -0.2) is 23.0 Å². The Labute approximate surface area is 158 Å². The Hall–Kier alpha value is -3.41. The monoisotopic (exact) mass is 362 g/mol. The molecule has 1 amide bonds. The molecule has 27 heavy (non-hydrogen) atoms. The average Bonchev–Trinajstić information content (AvgIpc) is 2.70. The van der Waals surface area contributed by atoms with E-state index in [9.17, 15) is 4.79 Å². The van der Waals surface area contributed by atoms with E-state index in [0.29, 0.717) is 12.4 Å². The lowest BCUT2D eigenvalue weighted by Crippen LogP contribution is -2.14. The predicted octanol–water partition coefficient (Wildman–Crippen LogP) is 3.97. The van der Waals surface area contributed by atoms with Gasteiger partial charge in [0, 0.05) is 12.2 Å². The molecule has 6 nitrogen and oxygen atoms in total. The first-order valence-corrected chi connectivity index (χ1v) is 8.62. The summed E-state index contributed by atoms with van der Waals surface area (Å²) in [6.07, 6.45) is 3.02. The molecular weight excluding hydrogens is 340 g/mol. The summed E-state index contributed by atoms with van der Waals surface area (Å²) in [5, 5.41) is 6.02. The van der Waals surface area contributed by atoms with E-state index >= 15 is 0 Å². The molecule has 2 N–H and O–H groups in total. The van der Waals surface area contributed by atoms with E-state index in [2.05, 4.69) is 20.6 Å². The molecule has 2 aromatic carbocycles. The molecule has 0 spiro atoms. The minimum absolute atomic E-state index is 0.267. The molecule has 0 bridgehead atoms. The fourth-order valence-electron chi connectivity index (χ4n) is 2.49. The lowest BCUT2D eigenvalue weighted by Gasteiger charge is -2.08. The number of benzene rings is 2. The van der Waals surface area contributed by atoms with Gasteiger partial charge in [0.15, 0.2) is 0 Å². The number of carbonyl (C=O) groups is 1. The number of nitrogens with one attached hydrogen (secondary N) is 2. The molecule has 138 valence electrons. The number of carbonyl (C=O) groups excluding carboxylic acids is 1. The van der Waals surface area contributed by atoms with Crippen molar-refractivity contribution in [1.82, 2.24) is 9.97 Å². The van der Waals surface area contributed by atoms with Gasteiger partial charge in [0.1, 0.15) is 17.3 Å². The van der Waals surface area contributed by atoms with Crippen molar-refractivity contribution in [2.24, 2.45) is 0 Å². The molecule has 0 aliphatic carbocycles. The van der Waals surface area contributed by atoms with Crippen molar-refractivity contribution >= 4 is 17.4 Å². The van der Waals surface area contributed by atoms with Gasteiger partial charge in [-0.3, -0.25) is 4.79 Å². The highest BCUT2D eigenvalue weighted by atomic mass is 16.5. The molecule has 0 atom stereocenters. The second-order valence-electron chi connectivity index (χ2n) is 6.24. The van der Waals surface area contributed by atoms with Crippen molar-refractivity contribution in [2.45, 2.75) is 20.4 Å². The molecular formula is C21H22N4O2. The first kappa shape index (κ1) is 18.4. The van der Waals surface area contributed by atoms with E-state index in [0.717, 1.165) is 22.6 Å². The summed E-state index contributed by atoms with van der Waals surface area (Å²) in [6.45, 7) is 4.64. The molecule has 0 aliphatic rings. The maximum atomic E-state index is 12.3. The zero-order valence-corrected chi connectivity index (χ0v) is 15.6. The number of ether oxygens (including phenoxy) is 1. The van der Waals surface area contributed by atoms with Crippen molar-refractivity contribution in [3.05, 3.63) is 77.2 Å². The number of methoxy groups -OCH3 is 1. The Morgan fingerprint density at radius 2 is 1.78 bits per heavy atom. The smallest absolute Gasteiger partial charge is 0.275 e. The number of nitrogens with zero attached hydrogens (tertiary/aromatic N) is 2. The number of aromatic nitrogens is 2. The predicted molar refractivity (Wildman–Crippen MR) is 106 cm³/mol. The van der Waals surface area contributed by atoms with Crippen LogP contribution in [0.1, 0.15) is 27.2 Å². The Kier molecular flexibility index (Phi) is 5.66. The van der Waals surface area contributed by atoms with Gasteiger partial charge in [0.25, 0.3) is 5.91 Å². The van der Waals surface area contributed by atoms with Crippen molar-refractivity contribution < 1.29 is 9.53 Å². The maximum Gasteiger partial charge on any atom is 0.275 e. The molecule has 0 saturated carbocycles. The van der Waals surface area contributed by atoms with Gasteiger partial charge in [-0.2, -0.15) is 0 Å². The summed E-state index contributed by atoms with van der Waals surface area (Å²) >= 11 is 0. The van der Waals surface area contributed by atoms with Crippen LogP contribution in [0.4, 0.5) is 11.5 Å². The van der Waals surface area contributed by atoms with E-state index < -0.39 is 0 Å². The number of aryl methyl sites for hydroxylation is 2. The van der Waals surface area contributed by atoms with Crippen molar-refractivity contribution in [3.8, 4) is 5.75 Å². The fraction of sp³-hybridized carbons (Fsp3) is 0.190. The highest BCUT2D eigenvalue weighted by Gasteiger charge is 2.09. The first-order chi connectivity index (χ1) is 13.0. The van der Waals surface area contributed by atoms with Crippen LogP contribution in [0.2, 0.25) is 0 Å². The van der Waals surface area contributed by atoms with Gasteiger partial charge in [0.05, 0.1) is 19.5 Å². The highest BCUT2D eigenvalue weighted by molar-refractivity contribution is 6.02. The third-order valence-electron chi connectivity index (χ3n) is 4.28. The van der Waals surface area contributed by atoms with Crippen LogP contribution in [0.3, 0.4) is 0 Å². The van der Waals surface area contributed by atoms with Crippen LogP contribution in [0.5, 0.6) is 5.75 Å². The largest absolute Gasteiger partial charge is 0.497 e. The van der Waals surface area contributed by atoms with E-state index in [1.54, 1.807) is 13.3 Å². The number of rotatable bonds is 6. The van der Waals surface area contributed by atoms with Crippen LogP contribution in [0.15, 0.2) is 54.9 Å². The van der Waals surface area contributed by atoms with E-state index in [1.807, 2.05) is 56.3 Å². The normalized spacial score (nSPS) is 10.3. The lowest BCUT2D eigenvalue weighted by atomic mass is 10.1. The zero-order chi connectivity index (χ0) is 19.2. The van der Waals surface area contributed by atoms with Crippen LogP contribution < -0.4 is 15.4 Å². The van der Waals surface area contributed by atoms with E-state index in [-0.39, 0.29) is 11.6 Å². The van der Waals surface area contributed by atoms with Gasteiger partial charge in [-0.05, 0) is 54.8 Å². The minimum Gasteiger partial charge on any atom is -0.497 e. The Morgan fingerprint density at radius 1 is 1.00 bits per heavy atom. The second kappa shape index (κ2) is 8.31. The Bertz CT molecular complexity index is 922. The van der Waals surface area contributed by atoms with Gasteiger partial charge in [0.2, 0.25) is 0 Å². The molecule has 0 unspecified atom stereocenters. The summed E-state index contributed by atoms with van der Waals surface area (Å²) in [7, 11) is 1.64. The van der Waals surface area contributed by atoms with Crippen LogP contribution in [0.25, 0.3) is 0 Å². The zero-order valence-electron chi connectivity index (χ0n) is 15.6. The molecule has 1 heterocycles. The van der Waals surface area contributed by atoms with Crippen molar-refractivity contribution in [2.75, 3.05) is 17.7 Å². The highest BCUT2D eigenvalue weighted by Crippen LogP contribution is 2.15. The van der Waals surface area contributed by atoms with E-state index in [1.165, 1.54) is 11.8 Å². The molecule has 0 saturated heterocycles. The number of hydrogen-bond acceptors (Lipinski definition) is 5. The molecule has 1 aromatic heterocycles. The van der Waals surface area contributed by atoms with Crippen molar-refractivity contribution in [3.63, 3.8) is 0 Å². The van der Waals surface area contributed by atoms with Gasteiger partial charge in [-0.25, -0.2) is 9.97 Å². The lowest BCUT2D eigenvalue weighted by molar-refractivity contribution is 0.102. The van der Waals surface area contributed by atoms with Crippen LogP contribution in [0, 0.1) is 13.8 Å². The standard InChI is InChI=1S/C21H22N4O2/c1-14-4-7-17(10-15(14)2)25-21(26)19-12-24-20(13-22-19)23-11-16-5-8-18(27-3)9-6-16/h4-10,12-13H,11H2,1-3H3,(H,23,24)(H,25,26). The third kappa shape index (κ3) is 4.82. The first-order valence-electron chi connectivity index (χ1n) is 8.62. The minimum atomic E-state index is -0.285. The van der Waals surface area contributed by atoms with Crippen molar-refractivity contribution in [1.29, 1.82) is 0 Å². The Morgan fingerprint density at radius 3 is 2.41 bits per heavy atom. The molecule has 0 aliphatic heterocycles. The SMILES string of the molecule is COc1ccc(CNc2cnc(C(=O)Nc3ccc(C)c(C)c3)cn2)cc1. The van der Waals surface area contributed by atoms with Gasteiger partial charge >= 0.3 is 0 Å². The Balaban J connectivity index is 1.58. The molecule has 0 radical (unpaired) electrons. The summed E-state index contributed by atoms with van der Waals surface area (Å²) in [4.78, 5) is 20.8. The summed E-state index contributed by atoms with van der Waals surface area (Å²) in [6, 6.07) is 13.5. The summed E-state index contributed by atoms with van der Waals surface area (Å²) < 4.78 is 5.14. The summed E-state index contributed by atoms with van der Waals surface area (Å²) in [5.41, 5.74) is 4.40. The van der Waals surface area contributed by atoms with Gasteiger partial charge < -0.3 is 15.4 Å². The maximum absolute atomic E-state index is 12.3. The number of anilines is 2. The van der Waals surface area contributed by atoms with E-state index in [4.69, 9.17) is 4.74 Å². The van der Waals surface area contributed by atoms with Gasteiger partial charge in [-0.15, -0.1) is 0 Å². The number of amides is 1. The summed E-state index contributed by atoms with van der Waals surface area (Å²) in [5.74, 6) is 1.14.